The van der Waals surface area contributed by atoms with Crippen LogP contribution < -0.4 is 10.6 Å². The van der Waals surface area contributed by atoms with E-state index < -0.39 is 11.6 Å². The molecule has 208 valence electrons. The van der Waals surface area contributed by atoms with Crippen LogP contribution in [0.15, 0.2) is 18.2 Å². The number of carbonyl (C=O) groups excluding carboxylic acids is 3. The van der Waals surface area contributed by atoms with Gasteiger partial charge in [-0.2, -0.15) is 0 Å². The van der Waals surface area contributed by atoms with Crippen LogP contribution in [0, 0.1) is 11.3 Å². The maximum absolute atomic E-state index is 12.3. The van der Waals surface area contributed by atoms with E-state index in [9.17, 15) is 14.4 Å². The van der Waals surface area contributed by atoms with Gasteiger partial charge in [0.2, 0.25) is 5.91 Å². The second kappa shape index (κ2) is 11.7. The molecule has 3 N–H and O–H groups in total. The lowest BCUT2D eigenvalue weighted by Gasteiger charge is -2.38. The van der Waals surface area contributed by atoms with Gasteiger partial charge in [0.05, 0.1) is 0 Å². The van der Waals surface area contributed by atoms with Crippen molar-refractivity contribution in [2.24, 2.45) is 5.92 Å². The molecule has 3 aliphatic heterocycles. The van der Waals surface area contributed by atoms with E-state index in [1.165, 1.54) is 10.5 Å². The molecule has 0 bridgehead atoms. The molecule has 3 aliphatic rings. The number of benzene rings is 1. The first-order chi connectivity index (χ1) is 18.0. The summed E-state index contributed by atoms with van der Waals surface area (Å²) in [4.78, 5) is 41.7. The van der Waals surface area contributed by atoms with Crippen LogP contribution in [-0.2, 0) is 9.53 Å². The number of carbonyl (C=O) groups is 3. The number of amides is 4. The minimum Gasteiger partial charge on any atom is -0.444 e. The molecule has 38 heavy (non-hydrogen) atoms. The van der Waals surface area contributed by atoms with Gasteiger partial charge in [-0.1, -0.05) is 6.07 Å². The number of imide groups is 1. The van der Waals surface area contributed by atoms with Crippen molar-refractivity contribution >= 4 is 29.6 Å². The number of rotatable bonds is 5. The van der Waals surface area contributed by atoms with Gasteiger partial charge in [-0.3, -0.25) is 20.4 Å². The minimum atomic E-state index is -0.541. The second-order valence-electron chi connectivity index (χ2n) is 11.6. The van der Waals surface area contributed by atoms with E-state index >= 15 is 0 Å². The first kappa shape index (κ1) is 27.9. The normalized spacial score (nSPS) is 20.3. The molecule has 1 aromatic rings. The van der Waals surface area contributed by atoms with E-state index in [1.54, 1.807) is 0 Å². The number of nitrogens with zero attached hydrogens (tertiary/aromatic N) is 3. The summed E-state index contributed by atoms with van der Waals surface area (Å²) in [5, 5.41) is 14.1. The number of urea groups is 1. The Hall–Kier alpha value is -3.14. The quantitative estimate of drug-likeness (QED) is 0.397. The third-order valence-electron chi connectivity index (χ3n) is 7.73. The number of piperidine rings is 2. The zero-order valence-electron chi connectivity index (χ0n) is 23.1. The maximum atomic E-state index is 12.3. The highest BCUT2D eigenvalue weighted by molar-refractivity contribution is 6.12. The van der Waals surface area contributed by atoms with Crippen LogP contribution >= 0.6 is 0 Å². The van der Waals surface area contributed by atoms with E-state index in [4.69, 9.17) is 10.1 Å². The summed E-state index contributed by atoms with van der Waals surface area (Å²) in [6.07, 6.45) is 4.18. The fourth-order valence-electron chi connectivity index (χ4n) is 5.59. The van der Waals surface area contributed by atoms with Gasteiger partial charge in [0.15, 0.2) is 0 Å². The van der Waals surface area contributed by atoms with Crippen LogP contribution in [-0.4, -0.2) is 90.5 Å². The number of hydrogen-bond acceptors (Lipinski definition) is 7. The van der Waals surface area contributed by atoms with Crippen molar-refractivity contribution in [3.05, 3.63) is 29.3 Å². The zero-order valence-corrected chi connectivity index (χ0v) is 23.1. The van der Waals surface area contributed by atoms with Crippen molar-refractivity contribution in [2.75, 3.05) is 51.6 Å². The molecule has 3 saturated heterocycles. The van der Waals surface area contributed by atoms with Crippen LogP contribution in [0.2, 0.25) is 0 Å². The van der Waals surface area contributed by atoms with Crippen molar-refractivity contribution in [2.45, 2.75) is 64.4 Å². The van der Waals surface area contributed by atoms with Gasteiger partial charge < -0.3 is 19.9 Å². The highest BCUT2D eigenvalue weighted by atomic mass is 16.6. The predicted octanol–water partition coefficient (Wildman–Crippen LogP) is 3.82. The molecule has 10 heteroatoms. The molecule has 0 atom stereocenters. The van der Waals surface area contributed by atoms with E-state index in [0.29, 0.717) is 17.4 Å². The molecule has 3 heterocycles. The molecular weight excluding hydrogens is 484 g/mol. The first-order valence-electron chi connectivity index (χ1n) is 13.8. The summed E-state index contributed by atoms with van der Waals surface area (Å²) in [6, 6.07) is 5.55. The summed E-state index contributed by atoms with van der Waals surface area (Å²) >= 11 is 0. The third-order valence-corrected chi connectivity index (χ3v) is 7.73. The van der Waals surface area contributed by atoms with Crippen molar-refractivity contribution in [3.8, 4) is 0 Å². The molecule has 0 saturated carbocycles. The molecule has 0 spiro atoms. The summed E-state index contributed by atoms with van der Waals surface area (Å²) < 4.78 is 5.52. The lowest BCUT2D eigenvalue weighted by atomic mass is 9.87. The van der Waals surface area contributed by atoms with Gasteiger partial charge in [0.25, 0.3) is 0 Å². The molecule has 0 aromatic heterocycles. The number of likely N-dealkylation sites (tertiary alicyclic amines) is 2. The molecule has 0 radical (unpaired) electrons. The van der Waals surface area contributed by atoms with Crippen LogP contribution in [0.1, 0.15) is 69.9 Å². The zero-order chi connectivity index (χ0) is 27.4. The monoisotopic (exact) mass is 526 g/mol. The molecule has 10 nitrogen and oxygen atoms in total. The fraction of sp³-hybridized carbons (Fsp3) is 0.643. The van der Waals surface area contributed by atoms with Gasteiger partial charge in [0, 0.05) is 50.9 Å². The van der Waals surface area contributed by atoms with Crippen LogP contribution in [0.5, 0.6) is 0 Å². The highest BCUT2D eigenvalue weighted by Gasteiger charge is 2.30. The van der Waals surface area contributed by atoms with Crippen LogP contribution in [0.25, 0.3) is 0 Å². The second-order valence-corrected chi connectivity index (χ2v) is 11.6. The summed E-state index contributed by atoms with van der Waals surface area (Å²) in [6.45, 7) is 10.6. The lowest BCUT2D eigenvalue weighted by molar-refractivity contribution is -0.121. The molecule has 1 aromatic carbocycles. The number of nitrogens with one attached hydrogen (secondary N) is 3. The first-order valence-corrected chi connectivity index (χ1v) is 13.8. The van der Waals surface area contributed by atoms with E-state index in [2.05, 4.69) is 27.7 Å². The number of anilines is 1. The molecule has 4 rings (SSSR count). The molecule has 0 unspecified atom stereocenters. The summed E-state index contributed by atoms with van der Waals surface area (Å²) in [7, 11) is 1.83. The smallest absolute Gasteiger partial charge is 0.410 e. The van der Waals surface area contributed by atoms with Crippen molar-refractivity contribution in [1.29, 1.82) is 5.41 Å². The number of hydrogen-bond donors (Lipinski definition) is 3. The fourth-order valence-corrected chi connectivity index (χ4v) is 5.59. The van der Waals surface area contributed by atoms with E-state index in [-0.39, 0.29) is 30.8 Å². The van der Waals surface area contributed by atoms with E-state index in [0.717, 1.165) is 64.1 Å². The van der Waals surface area contributed by atoms with Gasteiger partial charge in [-0.25, -0.2) is 9.59 Å². The Kier molecular flexibility index (Phi) is 8.60. The summed E-state index contributed by atoms with van der Waals surface area (Å²) in [5.41, 5.74) is 2.25. The average Bonchev–Trinajstić information content (AvgIpc) is 2.88. The van der Waals surface area contributed by atoms with Crippen molar-refractivity contribution in [1.82, 2.24) is 20.0 Å². The van der Waals surface area contributed by atoms with Crippen molar-refractivity contribution < 1.29 is 19.1 Å². The average molecular weight is 527 g/mol. The molecule has 0 aliphatic carbocycles. The minimum absolute atomic E-state index is 0.0958. The topological polar surface area (TPSA) is 118 Å². The van der Waals surface area contributed by atoms with E-state index in [1.807, 2.05) is 38.8 Å². The predicted molar refractivity (Wildman–Crippen MR) is 147 cm³/mol. The Morgan fingerprint density at radius 3 is 2.37 bits per heavy atom. The Bertz CT molecular complexity index is 1050. The van der Waals surface area contributed by atoms with Crippen LogP contribution in [0.3, 0.4) is 0 Å². The molecular formula is C28H42N6O4. The standard InChI is InChI=1S/C28H42N6O4/c1-28(2,3)38-27(37)33-14-7-19(8-15-33)18-32-12-9-20(10-13-32)21-5-6-22(23(17-21)30-4)25(29)34-16-11-24(35)31-26(34)36/h5-6,17,19-20,29-30H,7-16,18H2,1-4H3,(H,31,35,36). The van der Waals surface area contributed by atoms with Crippen LogP contribution in [0.4, 0.5) is 15.3 Å². The summed E-state index contributed by atoms with van der Waals surface area (Å²) in [5.74, 6) is 0.847. The number of ether oxygens (including phenoxy) is 1. The van der Waals surface area contributed by atoms with Gasteiger partial charge in [0.1, 0.15) is 11.4 Å². The largest absolute Gasteiger partial charge is 0.444 e. The van der Waals surface area contributed by atoms with Crippen molar-refractivity contribution in [3.63, 3.8) is 0 Å². The Morgan fingerprint density at radius 1 is 1.08 bits per heavy atom. The highest BCUT2D eigenvalue weighted by Crippen LogP contribution is 2.32. The Balaban J connectivity index is 1.27. The number of amidine groups is 1. The maximum Gasteiger partial charge on any atom is 0.410 e. The molecule has 4 amide bonds. The molecule has 3 fully saturated rings. The Labute approximate surface area is 225 Å². The van der Waals surface area contributed by atoms with Gasteiger partial charge in [-0.05, 0) is 89.1 Å². The Morgan fingerprint density at radius 2 is 1.76 bits per heavy atom. The van der Waals surface area contributed by atoms with Gasteiger partial charge >= 0.3 is 12.1 Å². The van der Waals surface area contributed by atoms with Gasteiger partial charge in [-0.15, -0.1) is 0 Å². The SMILES string of the molecule is CNc1cc(C2CCN(CC3CCN(C(=O)OC(C)(C)C)CC3)CC2)ccc1C(=N)N1CCC(=O)NC1=O. The lowest BCUT2D eigenvalue weighted by Crippen LogP contribution is -2.52. The third kappa shape index (κ3) is 6.83.